The van der Waals surface area contributed by atoms with E-state index in [9.17, 15) is 10.1 Å². The van der Waals surface area contributed by atoms with Gasteiger partial charge in [-0.25, -0.2) is 0 Å². The van der Waals surface area contributed by atoms with Crippen molar-refractivity contribution in [2.24, 2.45) is 5.73 Å². The van der Waals surface area contributed by atoms with E-state index in [4.69, 9.17) is 10.3 Å². The number of aromatic nitrogens is 2. The molecule has 1 heterocycles. The van der Waals surface area contributed by atoms with Crippen molar-refractivity contribution < 1.29 is 9.45 Å². The van der Waals surface area contributed by atoms with Crippen LogP contribution in [0.2, 0.25) is 0 Å². The van der Waals surface area contributed by atoms with E-state index in [-0.39, 0.29) is 11.6 Å². The maximum atomic E-state index is 11.5. The average Bonchev–Trinajstić information content (AvgIpc) is 3.15. The third-order valence-corrected chi connectivity index (χ3v) is 4.88. The highest BCUT2D eigenvalue weighted by atomic mass is 16.6. The van der Waals surface area contributed by atoms with Crippen molar-refractivity contribution in [1.29, 1.82) is 0 Å². The van der Waals surface area contributed by atoms with E-state index in [0.717, 1.165) is 24.8 Å². The zero-order valence-electron chi connectivity index (χ0n) is 14.6. The maximum absolute atomic E-state index is 11.5. The summed E-state index contributed by atoms with van der Waals surface area (Å²) in [6, 6.07) is 14.5. The van der Waals surface area contributed by atoms with Gasteiger partial charge in [-0.05, 0) is 37.0 Å². The predicted octanol–water partition coefficient (Wildman–Crippen LogP) is 3.59. The van der Waals surface area contributed by atoms with Crippen LogP contribution < -0.4 is 11.1 Å². The molecule has 1 fully saturated rings. The minimum atomic E-state index is -0.537. The highest BCUT2D eigenvalue weighted by molar-refractivity contribution is 5.69. The molecule has 0 amide bonds. The Balaban J connectivity index is 1.58. The van der Waals surface area contributed by atoms with E-state index < -0.39 is 10.5 Å². The lowest BCUT2D eigenvalue weighted by Crippen LogP contribution is -2.44. The molecule has 1 aliphatic carbocycles. The van der Waals surface area contributed by atoms with Crippen LogP contribution in [0.25, 0.3) is 11.5 Å². The van der Waals surface area contributed by atoms with Gasteiger partial charge >= 0.3 is 0 Å². The molecule has 27 heavy (non-hydrogen) atoms. The molecule has 2 aromatic carbocycles. The molecule has 8 nitrogen and oxygen atoms in total. The summed E-state index contributed by atoms with van der Waals surface area (Å²) in [5, 5.41) is 18.6. The zero-order chi connectivity index (χ0) is 18.9. The van der Waals surface area contributed by atoms with Gasteiger partial charge in [-0.1, -0.05) is 35.5 Å². The van der Waals surface area contributed by atoms with E-state index in [1.807, 2.05) is 30.3 Å². The summed E-state index contributed by atoms with van der Waals surface area (Å²) >= 11 is 0. The number of hydrogen-bond donors (Lipinski definition) is 2. The van der Waals surface area contributed by atoms with E-state index in [1.165, 1.54) is 6.07 Å². The van der Waals surface area contributed by atoms with Crippen molar-refractivity contribution >= 4 is 11.4 Å². The molecule has 3 N–H and O–H groups in total. The van der Waals surface area contributed by atoms with E-state index in [0.29, 0.717) is 23.6 Å². The molecular formula is C19H19N5O3. The lowest BCUT2D eigenvalue weighted by molar-refractivity contribution is -0.383. The molecule has 0 bridgehead atoms. The predicted molar refractivity (Wildman–Crippen MR) is 99.9 cm³/mol. The molecule has 1 aromatic heterocycles. The molecule has 1 aliphatic rings. The third kappa shape index (κ3) is 3.39. The Morgan fingerprint density at radius 3 is 2.67 bits per heavy atom. The van der Waals surface area contributed by atoms with E-state index >= 15 is 0 Å². The largest absolute Gasteiger partial charge is 0.375 e. The lowest BCUT2D eigenvalue weighted by Gasteiger charge is -2.34. The van der Waals surface area contributed by atoms with Gasteiger partial charge in [-0.3, -0.25) is 10.1 Å². The Bertz CT molecular complexity index is 966. The van der Waals surface area contributed by atoms with Gasteiger partial charge in [0.1, 0.15) is 5.69 Å². The van der Waals surface area contributed by atoms with Crippen molar-refractivity contribution in [2.75, 3.05) is 5.32 Å². The van der Waals surface area contributed by atoms with Gasteiger partial charge in [0.05, 0.1) is 10.5 Å². The number of anilines is 1. The van der Waals surface area contributed by atoms with Crippen LogP contribution in [0.1, 0.15) is 30.7 Å². The first-order valence-corrected chi connectivity index (χ1v) is 8.75. The fourth-order valence-electron chi connectivity index (χ4n) is 3.08. The molecule has 0 radical (unpaired) electrons. The fourth-order valence-corrected chi connectivity index (χ4v) is 3.08. The Kier molecular flexibility index (Phi) is 4.33. The average molecular weight is 365 g/mol. The Hall–Kier alpha value is -3.26. The lowest BCUT2D eigenvalue weighted by atomic mass is 9.77. The van der Waals surface area contributed by atoms with Gasteiger partial charge in [0.25, 0.3) is 11.6 Å². The molecule has 0 spiro atoms. The monoisotopic (exact) mass is 365 g/mol. The third-order valence-electron chi connectivity index (χ3n) is 4.88. The second-order valence-corrected chi connectivity index (χ2v) is 6.76. The van der Waals surface area contributed by atoms with Gasteiger partial charge in [-0.15, -0.1) is 0 Å². The number of nitrogens with one attached hydrogen (secondary N) is 1. The van der Waals surface area contributed by atoms with E-state index in [2.05, 4.69) is 15.5 Å². The van der Waals surface area contributed by atoms with Crippen LogP contribution in [0.15, 0.2) is 53.1 Å². The standard InChI is InChI=1S/C19H19N5O3/c20-19(9-4-10-19)18-22-17(27-23-18)14-7-8-15(16(11-14)24(25)26)21-12-13-5-2-1-3-6-13/h1-3,5-8,11,21H,4,9-10,12,20H2. The molecule has 1 saturated carbocycles. The van der Waals surface area contributed by atoms with Gasteiger partial charge in [0, 0.05) is 18.2 Å². The zero-order valence-corrected chi connectivity index (χ0v) is 14.6. The summed E-state index contributed by atoms with van der Waals surface area (Å²) < 4.78 is 5.29. The van der Waals surface area contributed by atoms with Gasteiger partial charge < -0.3 is 15.6 Å². The fraction of sp³-hybridized carbons (Fsp3) is 0.263. The quantitative estimate of drug-likeness (QED) is 0.506. The number of nitrogens with zero attached hydrogens (tertiary/aromatic N) is 3. The summed E-state index contributed by atoms with van der Waals surface area (Å²) in [4.78, 5) is 15.4. The minimum absolute atomic E-state index is 0.0470. The summed E-state index contributed by atoms with van der Waals surface area (Å²) in [5.41, 5.74) is 7.59. The summed E-state index contributed by atoms with van der Waals surface area (Å²) in [7, 11) is 0. The highest BCUT2D eigenvalue weighted by Crippen LogP contribution is 2.38. The molecule has 8 heteroatoms. The smallest absolute Gasteiger partial charge is 0.293 e. The molecule has 0 atom stereocenters. The maximum Gasteiger partial charge on any atom is 0.293 e. The number of nitrogens with two attached hydrogens (primary N) is 1. The van der Waals surface area contributed by atoms with Crippen molar-refractivity contribution in [2.45, 2.75) is 31.3 Å². The van der Waals surface area contributed by atoms with Crippen molar-refractivity contribution in [3.63, 3.8) is 0 Å². The van der Waals surface area contributed by atoms with Crippen LogP contribution in [0, 0.1) is 10.1 Å². The van der Waals surface area contributed by atoms with Crippen LogP contribution in [-0.2, 0) is 12.1 Å². The molecular weight excluding hydrogens is 346 g/mol. The van der Waals surface area contributed by atoms with Gasteiger partial charge in [-0.2, -0.15) is 4.98 Å². The number of nitro groups is 1. The van der Waals surface area contributed by atoms with Crippen LogP contribution in [0.4, 0.5) is 11.4 Å². The first kappa shape index (κ1) is 17.2. The first-order valence-electron chi connectivity index (χ1n) is 8.75. The molecule has 0 unspecified atom stereocenters. The number of nitro benzene ring substituents is 1. The SMILES string of the molecule is NC1(c2noc(-c3ccc(NCc4ccccc4)c([N+](=O)[O-])c3)n2)CCC1. The Morgan fingerprint density at radius 1 is 1.22 bits per heavy atom. The van der Waals surface area contributed by atoms with Crippen LogP contribution in [0.3, 0.4) is 0 Å². The van der Waals surface area contributed by atoms with Crippen LogP contribution in [-0.4, -0.2) is 15.1 Å². The summed E-state index contributed by atoms with van der Waals surface area (Å²) in [5.74, 6) is 0.692. The number of hydrogen-bond acceptors (Lipinski definition) is 7. The second-order valence-electron chi connectivity index (χ2n) is 6.76. The van der Waals surface area contributed by atoms with Crippen LogP contribution in [0.5, 0.6) is 0 Å². The molecule has 4 rings (SSSR count). The van der Waals surface area contributed by atoms with Crippen molar-refractivity contribution in [3.8, 4) is 11.5 Å². The van der Waals surface area contributed by atoms with Crippen molar-refractivity contribution in [3.05, 3.63) is 70.0 Å². The molecule has 3 aromatic rings. The molecule has 0 saturated heterocycles. The van der Waals surface area contributed by atoms with Crippen LogP contribution >= 0.6 is 0 Å². The minimum Gasteiger partial charge on any atom is -0.375 e. The molecule has 0 aliphatic heterocycles. The van der Waals surface area contributed by atoms with Crippen molar-refractivity contribution in [1.82, 2.24) is 10.1 Å². The van der Waals surface area contributed by atoms with E-state index in [1.54, 1.807) is 12.1 Å². The topological polar surface area (TPSA) is 120 Å². The highest BCUT2D eigenvalue weighted by Gasteiger charge is 2.39. The Labute approximate surface area is 155 Å². The normalized spacial score (nSPS) is 15.1. The number of rotatable bonds is 6. The van der Waals surface area contributed by atoms with Gasteiger partial charge in [0.15, 0.2) is 5.82 Å². The Morgan fingerprint density at radius 2 is 2.00 bits per heavy atom. The summed E-state index contributed by atoms with van der Waals surface area (Å²) in [6.07, 6.45) is 2.66. The summed E-state index contributed by atoms with van der Waals surface area (Å²) in [6.45, 7) is 0.488. The first-order chi connectivity index (χ1) is 13.0. The number of benzene rings is 2. The van der Waals surface area contributed by atoms with Gasteiger partial charge in [0.2, 0.25) is 0 Å². The second kappa shape index (κ2) is 6.81. The molecule has 138 valence electrons.